The molecule has 0 fully saturated rings. The Morgan fingerprint density at radius 2 is 2.03 bits per heavy atom. The van der Waals surface area contributed by atoms with Gasteiger partial charge in [-0.15, -0.1) is 11.8 Å². The van der Waals surface area contributed by atoms with E-state index in [1.807, 2.05) is 13.0 Å². The van der Waals surface area contributed by atoms with E-state index in [1.165, 1.54) is 11.8 Å². The van der Waals surface area contributed by atoms with Crippen molar-refractivity contribution in [3.8, 4) is 5.75 Å². The largest absolute Gasteiger partial charge is 0.493 e. The van der Waals surface area contributed by atoms with Gasteiger partial charge in [0.2, 0.25) is 11.8 Å². The molecular weight excluding hydrogens is 414 g/mol. The van der Waals surface area contributed by atoms with Crippen LogP contribution in [0.25, 0.3) is 0 Å². The van der Waals surface area contributed by atoms with Crippen molar-refractivity contribution < 1.29 is 19.1 Å². The second kappa shape index (κ2) is 9.67. The molecule has 3 rings (SSSR count). The van der Waals surface area contributed by atoms with Gasteiger partial charge in [-0.05, 0) is 55.3 Å². The molecule has 1 aliphatic rings. The van der Waals surface area contributed by atoms with Gasteiger partial charge in [0.25, 0.3) is 5.91 Å². The van der Waals surface area contributed by atoms with E-state index in [4.69, 9.17) is 16.3 Å². The Morgan fingerprint density at radius 1 is 1.21 bits per heavy atom. The zero-order valence-corrected chi connectivity index (χ0v) is 17.3. The Balaban J connectivity index is 1.40. The highest BCUT2D eigenvalue weighted by Crippen LogP contribution is 2.31. The highest BCUT2D eigenvalue weighted by atomic mass is 35.5. The second-order valence-corrected chi connectivity index (χ2v) is 7.87. The summed E-state index contributed by atoms with van der Waals surface area (Å²) in [5.41, 5.74) is 6.62. The van der Waals surface area contributed by atoms with Crippen LogP contribution in [0.1, 0.15) is 28.8 Å². The van der Waals surface area contributed by atoms with Gasteiger partial charge in [0.15, 0.2) is 0 Å². The number of hydrazine groups is 1. The number of ether oxygens (including phenoxy) is 1. The number of anilines is 1. The monoisotopic (exact) mass is 433 g/mol. The lowest BCUT2D eigenvalue weighted by Crippen LogP contribution is -2.41. The zero-order valence-electron chi connectivity index (χ0n) is 15.7. The summed E-state index contributed by atoms with van der Waals surface area (Å²) in [4.78, 5) is 36.5. The van der Waals surface area contributed by atoms with Crippen molar-refractivity contribution in [3.05, 3.63) is 52.5 Å². The minimum absolute atomic E-state index is 0.107. The van der Waals surface area contributed by atoms with Crippen molar-refractivity contribution >= 4 is 46.8 Å². The van der Waals surface area contributed by atoms with Gasteiger partial charge in [-0.25, -0.2) is 0 Å². The number of amides is 3. The van der Waals surface area contributed by atoms with E-state index >= 15 is 0 Å². The Labute approximate surface area is 177 Å². The van der Waals surface area contributed by atoms with Crippen molar-refractivity contribution in [2.75, 3.05) is 17.7 Å². The lowest BCUT2D eigenvalue weighted by molar-refractivity contribution is -0.122. The van der Waals surface area contributed by atoms with Crippen LogP contribution in [0, 0.1) is 6.92 Å². The topological polar surface area (TPSA) is 96.5 Å². The van der Waals surface area contributed by atoms with Gasteiger partial charge < -0.3 is 10.1 Å². The van der Waals surface area contributed by atoms with Gasteiger partial charge >= 0.3 is 0 Å². The number of hydrogen-bond acceptors (Lipinski definition) is 5. The molecule has 3 N–H and O–H groups in total. The number of benzene rings is 2. The molecule has 0 aromatic heterocycles. The lowest BCUT2D eigenvalue weighted by Gasteiger charge is -2.17. The molecular formula is C20H20ClN3O4S. The summed E-state index contributed by atoms with van der Waals surface area (Å²) >= 11 is 7.32. The maximum absolute atomic E-state index is 12.2. The van der Waals surface area contributed by atoms with Crippen molar-refractivity contribution in [3.63, 3.8) is 0 Å². The average molecular weight is 434 g/mol. The Hall–Kier alpha value is -2.71. The first-order chi connectivity index (χ1) is 13.9. The minimum Gasteiger partial charge on any atom is -0.493 e. The van der Waals surface area contributed by atoms with Crippen LogP contribution in [0.5, 0.6) is 5.75 Å². The van der Waals surface area contributed by atoms with Gasteiger partial charge in [-0.3, -0.25) is 25.2 Å². The zero-order chi connectivity index (χ0) is 20.8. The van der Waals surface area contributed by atoms with Gasteiger partial charge in [0, 0.05) is 21.9 Å². The second-order valence-electron chi connectivity index (χ2n) is 6.41. The first-order valence-electron chi connectivity index (χ1n) is 8.97. The number of fused-ring (bicyclic) bond motifs is 1. The molecule has 0 saturated carbocycles. The predicted molar refractivity (Wildman–Crippen MR) is 112 cm³/mol. The average Bonchev–Trinajstić information content (AvgIpc) is 2.70. The van der Waals surface area contributed by atoms with Crippen LogP contribution in [0.15, 0.2) is 41.3 Å². The van der Waals surface area contributed by atoms with Gasteiger partial charge in [-0.1, -0.05) is 11.6 Å². The van der Waals surface area contributed by atoms with Crippen molar-refractivity contribution in [1.29, 1.82) is 0 Å². The van der Waals surface area contributed by atoms with Crippen LogP contribution in [0.4, 0.5) is 5.69 Å². The molecule has 9 heteroatoms. The number of rotatable bonds is 6. The quantitative estimate of drug-likeness (QED) is 0.479. The molecule has 0 bridgehead atoms. The lowest BCUT2D eigenvalue weighted by atomic mass is 10.2. The molecule has 2 aromatic carbocycles. The molecule has 1 aliphatic heterocycles. The highest BCUT2D eigenvalue weighted by Gasteiger charge is 2.17. The van der Waals surface area contributed by atoms with Crippen molar-refractivity contribution in [2.45, 2.75) is 24.7 Å². The van der Waals surface area contributed by atoms with Crippen LogP contribution >= 0.6 is 23.4 Å². The van der Waals surface area contributed by atoms with Crippen LogP contribution in [-0.4, -0.2) is 30.1 Å². The summed E-state index contributed by atoms with van der Waals surface area (Å²) in [6.45, 7) is 2.26. The fourth-order valence-electron chi connectivity index (χ4n) is 2.68. The number of carbonyl (C=O) groups is 3. The first-order valence-corrected chi connectivity index (χ1v) is 10.3. The van der Waals surface area contributed by atoms with E-state index < -0.39 is 5.91 Å². The smallest absolute Gasteiger partial charge is 0.269 e. The summed E-state index contributed by atoms with van der Waals surface area (Å²) in [5, 5.41) is 3.37. The third-order valence-corrected chi connectivity index (χ3v) is 5.44. The SMILES string of the molecule is Cc1cc(Cl)ccc1OCCCC(=O)NNC(=O)c1ccc2c(c1)NC(=O)CS2. The molecule has 0 atom stereocenters. The molecule has 0 saturated heterocycles. The number of hydrogen-bond donors (Lipinski definition) is 3. The van der Waals surface area contributed by atoms with E-state index in [9.17, 15) is 14.4 Å². The summed E-state index contributed by atoms with van der Waals surface area (Å²) in [6.07, 6.45) is 0.690. The van der Waals surface area contributed by atoms with Gasteiger partial charge in [0.1, 0.15) is 5.75 Å². The summed E-state index contributed by atoms with van der Waals surface area (Å²) in [7, 11) is 0. The molecule has 1 heterocycles. The van der Waals surface area contributed by atoms with Crippen molar-refractivity contribution in [2.24, 2.45) is 0 Å². The van der Waals surface area contributed by atoms with E-state index in [0.29, 0.717) is 35.1 Å². The summed E-state index contributed by atoms with van der Waals surface area (Å²) < 4.78 is 5.64. The van der Waals surface area contributed by atoms with Crippen LogP contribution < -0.4 is 20.9 Å². The summed E-state index contributed by atoms with van der Waals surface area (Å²) in [5.74, 6) is 0.191. The fraction of sp³-hybridized carbons (Fsp3) is 0.250. The van der Waals surface area contributed by atoms with E-state index in [0.717, 1.165) is 16.2 Å². The summed E-state index contributed by atoms with van der Waals surface area (Å²) in [6, 6.07) is 10.3. The van der Waals surface area contributed by atoms with E-state index in [-0.39, 0.29) is 18.2 Å². The molecule has 152 valence electrons. The number of halogens is 1. The van der Waals surface area contributed by atoms with Crippen LogP contribution in [-0.2, 0) is 9.59 Å². The standard InChI is InChI=1S/C20H20ClN3O4S/c1-12-9-14(21)5-6-16(12)28-8-2-3-18(25)23-24-20(27)13-4-7-17-15(10-13)22-19(26)11-29-17/h4-7,9-10H,2-3,8,11H2,1H3,(H,22,26)(H,23,25)(H,24,27). The molecule has 0 radical (unpaired) electrons. The van der Waals surface area contributed by atoms with Crippen LogP contribution in [0.2, 0.25) is 5.02 Å². The van der Waals surface area contributed by atoms with Crippen LogP contribution in [0.3, 0.4) is 0 Å². The first kappa shape index (κ1) is 21.0. The molecule has 2 aromatic rings. The van der Waals surface area contributed by atoms with Gasteiger partial charge in [0.05, 0.1) is 18.0 Å². The Kier molecular flexibility index (Phi) is 7.00. The molecule has 0 aliphatic carbocycles. The molecule has 3 amide bonds. The van der Waals surface area contributed by atoms with E-state index in [1.54, 1.807) is 30.3 Å². The predicted octanol–water partition coefficient (Wildman–Crippen LogP) is 3.31. The molecule has 0 unspecified atom stereocenters. The van der Waals surface area contributed by atoms with Crippen molar-refractivity contribution in [1.82, 2.24) is 10.9 Å². The molecule has 29 heavy (non-hydrogen) atoms. The molecule has 7 nitrogen and oxygen atoms in total. The third-order valence-electron chi connectivity index (χ3n) is 4.13. The Bertz CT molecular complexity index is 951. The number of thioether (sulfide) groups is 1. The minimum atomic E-state index is -0.459. The van der Waals surface area contributed by atoms with E-state index in [2.05, 4.69) is 16.2 Å². The fourth-order valence-corrected chi connectivity index (χ4v) is 3.69. The third kappa shape index (κ3) is 5.88. The normalized spacial score (nSPS) is 12.6. The highest BCUT2D eigenvalue weighted by molar-refractivity contribution is 8.00. The number of carbonyl (C=O) groups excluding carboxylic acids is 3. The maximum atomic E-state index is 12.2. The Morgan fingerprint density at radius 3 is 2.83 bits per heavy atom. The molecule has 0 spiro atoms. The number of aryl methyl sites for hydroxylation is 1. The van der Waals surface area contributed by atoms with Gasteiger partial charge in [-0.2, -0.15) is 0 Å². The number of nitrogens with one attached hydrogen (secondary N) is 3. The maximum Gasteiger partial charge on any atom is 0.269 e.